The van der Waals surface area contributed by atoms with Gasteiger partial charge >= 0.3 is 0 Å². The summed E-state index contributed by atoms with van der Waals surface area (Å²) in [5.41, 5.74) is 6.69. The fourth-order valence-electron chi connectivity index (χ4n) is 2.39. The first-order valence-electron chi connectivity index (χ1n) is 6.87. The predicted octanol–water partition coefficient (Wildman–Crippen LogP) is -0.187. The zero-order valence-corrected chi connectivity index (χ0v) is 12.5. The standard InChI is InChI=1S/C14H20N2O4S/c15-13(7-10-1-3-12(17)4-2-10)14(18)16-8-11-5-6-21(19,20)9-11/h1-4,11,13,17H,5-9,15H2,(H,16,18)/t11?,13-/m1/s1. The number of rotatable bonds is 5. The minimum absolute atomic E-state index is 0.0141. The Morgan fingerprint density at radius 1 is 1.38 bits per heavy atom. The predicted molar refractivity (Wildman–Crippen MR) is 79.6 cm³/mol. The second-order valence-electron chi connectivity index (χ2n) is 5.49. The molecule has 0 radical (unpaired) electrons. The highest BCUT2D eigenvalue weighted by molar-refractivity contribution is 7.91. The van der Waals surface area contributed by atoms with Crippen molar-refractivity contribution in [3.8, 4) is 5.75 Å². The number of amides is 1. The molecule has 0 spiro atoms. The third kappa shape index (κ3) is 4.71. The number of carbonyl (C=O) groups excluding carboxylic acids is 1. The minimum Gasteiger partial charge on any atom is -0.508 e. The molecule has 1 aromatic rings. The van der Waals surface area contributed by atoms with E-state index in [-0.39, 0.29) is 29.1 Å². The molecule has 21 heavy (non-hydrogen) atoms. The molecule has 0 aliphatic carbocycles. The van der Waals surface area contributed by atoms with E-state index < -0.39 is 15.9 Å². The molecular formula is C14H20N2O4S. The van der Waals surface area contributed by atoms with E-state index in [9.17, 15) is 18.3 Å². The van der Waals surface area contributed by atoms with Crippen molar-refractivity contribution >= 4 is 15.7 Å². The van der Waals surface area contributed by atoms with Gasteiger partial charge in [0.2, 0.25) is 5.91 Å². The van der Waals surface area contributed by atoms with Crippen molar-refractivity contribution in [1.82, 2.24) is 5.32 Å². The lowest BCUT2D eigenvalue weighted by Gasteiger charge is -2.14. The largest absolute Gasteiger partial charge is 0.508 e. The van der Waals surface area contributed by atoms with Gasteiger partial charge in [-0.1, -0.05) is 12.1 Å². The molecule has 0 saturated carbocycles. The van der Waals surface area contributed by atoms with Gasteiger partial charge < -0.3 is 16.2 Å². The topological polar surface area (TPSA) is 109 Å². The maximum Gasteiger partial charge on any atom is 0.237 e. The van der Waals surface area contributed by atoms with Gasteiger partial charge in [-0.15, -0.1) is 0 Å². The Bertz CT molecular complexity index is 598. The fraction of sp³-hybridized carbons (Fsp3) is 0.500. The van der Waals surface area contributed by atoms with Crippen LogP contribution in [0.5, 0.6) is 5.75 Å². The lowest BCUT2D eigenvalue weighted by atomic mass is 10.1. The Hall–Kier alpha value is -1.60. The number of nitrogens with one attached hydrogen (secondary N) is 1. The number of nitrogens with two attached hydrogens (primary N) is 1. The van der Waals surface area contributed by atoms with Gasteiger partial charge in [0.15, 0.2) is 9.84 Å². The highest BCUT2D eigenvalue weighted by Crippen LogP contribution is 2.17. The summed E-state index contributed by atoms with van der Waals surface area (Å²) >= 11 is 0. The number of hydrogen-bond acceptors (Lipinski definition) is 5. The number of phenolic OH excluding ortho intramolecular Hbond substituents is 1. The molecule has 4 N–H and O–H groups in total. The van der Waals surface area contributed by atoms with Gasteiger partial charge in [0, 0.05) is 6.54 Å². The summed E-state index contributed by atoms with van der Waals surface area (Å²) in [6, 6.07) is 5.83. The van der Waals surface area contributed by atoms with Gasteiger partial charge in [0.1, 0.15) is 5.75 Å². The Labute approximate surface area is 124 Å². The van der Waals surface area contributed by atoms with Crippen LogP contribution in [-0.2, 0) is 21.1 Å². The highest BCUT2D eigenvalue weighted by atomic mass is 32.2. The van der Waals surface area contributed by atoms with Crippen LogP contribution in [0.1, 0.15) is 12.0 Å². The molecule has 1 aliphatic heterocycles. The third-order valence-electron chi connectivity index (χ3n) is 3.62. The zero-order valence-electron chi connectivity index (χ0n) is 11.7. The lowest BCUT2D eigenvalue weighted by Crippen LogP contribution is -2.43. The number of sulfone groups is 1. The van der Waals surface area contributed by atoms with Crippen molar-refractivity contribution in [2.24, 2.45) is 11.7 Å². The fourth-order valence-corrected chi connectivity index (χ4v) is 4.25. The van der Waals surface area contributed by atoms with E-state index in [2.05, 4.69) is 5.32 Å². The lowest BCUT2D eigenvalue weighted by molar-refractivity contribution is -0.122. The van der Waals surface area contributed by atoms with E-state index in [4.69, 9.17) is 5.73 Å². The zero-order chi connectivity index (χ0) is 15.5. The first-order valence-corrected chi connectivity index (χ1v) is 8.69. The summed E-state index contributed by atoms with van der Waals surface area (Å²) in [7, 11) is -2.92. The summed E-state index contributed by atoms with van der Waals surface area (Å²) in [6.45, 7) is 0.349. The van der Waals surface area contributed by atoms with Crippen LogP contribution in [0.25, 0.3) is 0 Å². The highest BCUT2D eigenvalue weighted by Gasteiger charge is 2.28. The van der Waals surface area contributed by atoms with Crippen LogP contribution in [0, 0.1) is 5.92 Å². The van der Waals surface area contributed by atoms with Crippen molar-refractivity contribution in [2.75, 3.05) is 18.1 Å². The number of hydrogen-bond donors (Lipinski definition) is 3. The molecule has 1 saturated heterocycles. The quantitative estimate of drug-likeness (QED) is 0.698. The molecular weight excluding hydrogens is 292 g/mol. The van der Waals surface area contributed by atoms with Crippen molar-refractivity contribution in [1.29, 1.82) is 0 Å². The van der Waals surface area contributed by atoms with Gasteiger partial charge in [0.05, 0.1) is 17.5 Å². The Balaban J connectivity index is 1.79. The molecule has 6 nitrogen and oxygen atoms in total. The monoisotopic (exact) mass is 312 g/mol. The Morgan fingerprint density at radius 3 is 2.62 bits per heavy atom. The van der Waals surface area contributed by atoms with Crippen LogP contribution in [0.4, 0.5) is 0 Å². The number of aromatic hydroxyl groups is 1. The number of carbonyl (C=O) groups is 1. The van der Waals surface area contributed by atoms with Gasteiger partial charge in [-0.3, -0.25) is 4.79 Å². The van der Waals surface area contributed by atoms with Crippen LogP contribution in [0.3, 0.4) is 0 Å². The number of benzene rings is 1. The molecule has 0 aromatic heterocycles. The average Bonchev–Trinajstić information content (AvgIpc) is 2.78. The van der Waals surface area contributed by atoms with Gasteiger partial charge in [-0.25, -0.2) is 8.42 Å². The molecule has 7 heteroatoms. The summed E-state index contributed by atoms with van der Waals surface area (Å²) in [5, 5.41) is 11.9. The minimum atomic E-state index is -2.92. The Kier molecular flexibility index (Phi) is 4.84. The molecule has 1 amide bonds. The number of phenols is 1. The molecule has 2 rings (SSSR count). The van der Waals surface area contributed by atoms with E-state index in [0.717, 1.165) is 5.56 Å². The van der Waals surface area contributed by atoms with E-state index in [1.807, 2.05) is 0 Å². The molecule has 1 unspecified atom stereocenters. The van der Waals surface area contributed by atoms with Gasteiger partial charge in [0.25, 0.3) is 0 Å². The van der Waals surface area contributed by atoms with Crippen LogP contribution in [0.2, 0.25) is 0 Å². The van der Waals surface area contributed by atoms with Crippen LogP contribution >= 0.6 is 0 Å². The maximum atomic E-state index is 11.9. The normalized spacial score (nSPS) is 21.9. The first kappa shape index (κ1) is 15.8. The van der Waals surface area contributed by atoms with Crippen LogP contribution < -0.4 is 11.1 Å². The summed E-state index contributed by atoms with van der Waals surface area (Å²) < 4.78 is 22.7. The first-order chi connectivity index (χ1) is 9.85. The molecule has 0 bridgehead atoms. The van der Waals surface area contributed by atoms with Gasteiger partial charge in [-0.05, 0) is 36.5 Å². The summed E-state index contributed by atoms with van der Waals surface area (Å²) in [6.07, 6.45) is 0.963. The van der Waals surface area contributed by atoms with E-state index >= 15 is 0 Å². The van der Waals surface area contributed by atoms with Crippen molar-refractivity contribution in [3.63, 3.8) is 0 Å². The second kappa shape index (κ2) is 6.44. The van der Waals surface area contributed by atoms with E-state index in [0.29, 0.717) is 19.4 Å². The van der Waals surface area contributed by atoms with Crippen molar-refractivity contribution in [3.05, 3.63) is 29.8 Å². The molecule has 1 aromatic carbocycles. The molecule has 1 heterocycles. The second-order valence-corrected chi connectivity index (χ2v) is 7.72. The van der Waals surface area contributed by atoms with Gasteiger partial charge in [-0.2, -0.15) is 0 Å². The molecule has 1 aliphatic rings. The molecule has 116 valence electrons. The summed E-state index contributed by atoms with van der Waals surface area (Å²) in [4.78, 5) is 11.9. The van der Waals surface area contributed by atoms with Crippen molar-refractivity contribution < 1.29 is 18.3 Å². The van der Waals surface area contributed by atoms with Crippen molar-refractivity contribution in [2.45, 2.75) is 18.9 Å². The van der Waals surface area contributed by atoms with Crippen LogP contribution in [0.15, 0.2) is 24.3 Å². The van der Waals surface area contributed by atoms with Crippen LogP contribution in [-0.4, -0.2) is 43.5 Å². The average molecular weight is 312 g/mol. The Morgan fingerprint density at radius 2 is 2.05 bits per heavy atom. The molecule has 2 atom stereocenters. The SMILES string of the molecule is N[C@H](Cc1ccc(O)cc1)C(=O)NCC1CCS(=O)(=O)C1. The maximum absolute atomic E-state index is 11.9. The summed E-state index contributed by atoms with van der Waals surface area (Å²) in [5.74, 6) is 0.208. The van der Waals surface area contributed by atoms with E-state index in [1.54, 1.807) is 24.3 Å². The third-order valence-corrected chi connectivity index (χ3v) is 5.46. The smallest absolute Gasteiger partial charge is 0.237 e. The van der Waals surface area contributed by atoms with E-state index in [1.165, 1.54) is 0 Å². The molecule has 1 fully saturated rings.